The van der Waals surface area contributed by atoms with Crippen molar-refractivity contribution in [3.05, 3.63) is 0 Å². The van der Waals surface area contributed by atoms with Crippen molar-refractivity contribution in [1.29, 1.82) is 0 Å². The van der Waals surface area contributed by atoms with Crippen LogP contribution in [-0.4, -0.2) is 47.5 Å². The first kappa shape index (κ1) is 17.1. The molecule has 2 rings (SSSR count). The predicted molar refractivity (Wildman–Crippen MR) is 84.4 cm³/mol. The third-order valence-corrected chi connectivity index (χ3v) is 5.29. The van der Waals surface area contributed by atoms with Crippen LogP contribution in [0.4, 0.5) is 0 Å². The molecule has 0 aromatic carbocycles. The van der Waals surface area contributed by atoms with E-state index in [0.717, 1.165) is 25.7 Å². The molecule has 7 heteroatoms. The molecular weight excluding hydrogens is 304 g/mol. The van der Waals surface area contributed by atoms with E-state index in [1.165, 1.54) is 18.2 Å². The van der Waals surface area contributed by atoms with Crippen molar-refractivity contribution in [2.75, 3.05) is 12.4 Å². The molecule has 22 heavy (non-hydrogen) atoms. The lowest BCUT2D eigenvalue weighted by Crippen LogP contribution is -2.52. The lowest BCUT2D eigenvalue weighted by atomic mass is 9.95. The molecular formula is C15H24N2O4S. The highest BCUT2D eigenvalue weighted by atomic mass is 32.2. The van der Waals surface area contributed by atoms with Crippen LogP contribution in [0.1, 0.15) is 45.4 Å². The summed E-state index contributed by atoms with van der Waals surface area (Å²) in [4.78, 5) is 35.7. The van der Waals surface area contributed by atoms with Gasteiger partial charge in [0, 0.05) is 18.2 Å². The van der Waals surface area contributed by atoms with Gasteiger partial charge in [-0.3, -0.25) is 9.59 Å². The minimum absolute atomic E-state index is 0.0749. The number of nitrogens with one attached hydrogen (secondary N) is 2. The fraction of sp³-hybridized carbons (Fsp3) is 0.800. The molecule has 1 saturated heterocycles. The second-order valence-corrected chi connectivity index (χ2v) is 6.98. The molecule has 124 valence electrons. The lowest BCUT2D eigenvalue weighted by Gasteiger charge is -2.28. The highest BCUT2D eigenvalue weighted by Gasteiger charge is 2.34. The van der Waals surface area contributed by atoms with E-state index in [9.17, 15) is 14.4 Å². The third kappa shape index (κ3) is 4.90. The maximum atomic E-state index is 12.0. The molecule has 2 N–H and O–H groups in total. The van der Waals surface area contributed by atoms with E-state index in [1.807, 2.05) is 0 Å². The van der Waals surface area contributed by atoms with Gasteiger partial charge < -0.3 is 15.4 Å². The zero-order chi connectivity index (χ0) is 15.9. The van der Waals surface area contributed by atoms with E-state index < -0.39 is 17.3 Å². The molecule has 2 fully saturated rings. The smallest absolute Gasteiger partial charge is 0.329 e. The number of hydrogen-bond acceptors (Lipinski definition) is 5. The van der Waals surface area contributed by atoms with E-state index >= 15 is 0 Å². The number of carbonyl (C=O) groups is 3. The third-order valence-electron chi connectivity index (χ3n) is 3.99. The summed E-state index contributed by atoms with van der Waals surface area (Å²) in [5.41, 5.74) is 0. The van der Waals surface area contributed by atoms with Crippen molar-refractivity contribution < 1.29 is 19.1 Å². The molecule has 6 nitrogen and oxygen atoms in total. The molecule has 1 saturated carbocycles. The SMILES string of the molecule is CCOC(=O)[C@H]1CS[C@H](CC(=O)NC2CCCCC2)C(=O)N1. The summed E-state index contributed by atoms with van der Waals surface area (Å²) in [6.07, 6.45) is 5.78. The van der Waals surface area contributed by atoms with Gasteiger partial charge in [0.15, 0.2) is 0 Å². The van der Waals surface area contributed by atoms with E-state index in [2.05, 4.69) is 10.6 Å². The first-order chi connectivity index (χ1) is 10.6. The summed E-state index contributed by atoms with van der Waals surface area (Å²) in [5, 5.41) is 5.24. The van der Waals surface area contributed by atoms with Gasteiger partial charge in [-0.2, -0.15) is 0 Å². The monoisotopic (exact) mass is 328 g/mol. The van der Waals surface area contributed by atoms with Crippen molar-refractivity contribution in [3.63, 3.8) is 0 Å². The van der Waals surface area contributed by atoms with Gasteiger partial charge in [0.05, 0.1) is 11.9 Å². The van der Waals surface area contributed by atoms with Crippen molar-refractivity contribution in [1.82, 2.24) is 10.6 Å². The van der Waals surface area contributed by atoms with Gasteiger partial charge in [-0.25, -0.2) is 4.79 Å². The number of hydrogen-bond donors (Lipinski definition) is 2. The minimum atomic E-state index is -0.602. The van der Waals surface area contributed by atoms with Crippen molar-refractivity contribution >= 4 is 29.5 Å². The number of amides is 2. The fourth-order valence-electron chi connectivity index (χ4n) is 2.82. The standard InChI is InChI=1S/C15H24N2O4S/c1-2-21-15(20)11-9-22-12(14(19)17-11)8-13(18)16-10-6-4-3-5-7-10/h10-12H,2-9H2,1H3,(H,16,18)(H,17,19)/t11-,12-/m1/s1. The molecule has 1 aliphatic heterocycles. The fourth-order valence-corrected chi connectivity index (χ4v) is 3.95. The van der Waals surface area contributed by atoms with Crippen LogP contribution in [0.3, 0.4) is 0 Å². The van der Waals surface area contributed by atoms with Crippen molar-refractivity contribution in [2.24, 2.45) is 0 Å². The molecule has 0 bridgehead atoms. The summed E-state index contributed by atoms with van der Waals surface area (Å²) >= 11 is 1.35. The van der Waals surface area contributed by atoms with Crippen LogP contribution in [0.15, 0.2) is 0 Å². The van der Waals surface area contributed by atoms with Crippen molar-refractivity contribution in [3.8, 4) is 0 Å². The topological polar surface area (TPSA) is 84.5 Å². The van der Waals surface area contributed by atoms with Crippen LogP contribution in [0.5, 0.6) is 0 Å². The average Bonchev–Trinajstić information content (AvgIpc) is 2.50. The molecule has 0 aromatic rings. The van der Waals surface area contributed by atoms with Gasteiger partial charge in [-0.15, -0.1) is 11.8 Å². The number of carbonyl (C=O) groups excluding carboxylic acids is 3. The largest absolute Gasteiger partial charge is 0.464 e. The van der Waals surface area contributed by atoms with Crippen LogP contribution >= 0.6 is 11.8 Å². The Hall–Kier alpha value is -1.24. The Labute approximate surface area is 135 Å². The normalized spacial score (nSPS) is 26.1. The highest BCUT2D eigenvalue weighted by molar-refractivity contribution is 8.00. The van der Waals surface area contributed by atoms with Crippen molar-refractivity contribution in [2.45, 2.75) is 62.8 Å². The molecule has 2 aliphatic rings. The first-order valence-electron chi connectivity index (χ1n) is 7.98. The Bertz CT molecular complexity index is 424. The van der Waals surface area contributed by atoms with E-state index in [4.69, 9.17) is 4.74 Å². The zero-order valence-corrected chi connectivity index (χ0v) is 13.7. The number of thioether (sulfide) groups is 1. The van der Waals surface area contributed by atoms with Gasteiger partial charge in [0.1, 0.15) is 6.04 Å². The zero-order valence-electron chi connectivity index (χ0n) is 12.9. The van der Waals surface area contributed by atoms with Crippen LogP contribution in [0.2, 0.25) is 0 Å². The average molecular weight is 328 g/mol. The Morgan fingerprint density at radius 1 is 1.32 bits per heavy atom. The second kappa shape index (κ2) is 8.41. The maximum absolute atomic E-state index is 12.0. The first-order valence-corrected chi connectivity index (χ1v) is 9.03. The van der Waals surface area contributed by atoms with Crippen LogP contribution in [0.25, 0.3) is 0 Å². The van der Waals surface area contributed by atoms with Crippen LogP contribution < -0.4 is 10.6 Å². The summed E-state index contributed by atoms with van der Waals surface area (Å²) in [5.74, 6) is -0.290. The molecule has 0 unspecified atom stereocenters. The van der Waals surface area contributed by atoms with Gasteiger partial charge in [-0.1, -0.05) is 19.3 Å². The second-order valence-electron chi connectivity index (χ2n) is 5.74. The Balaban J connectivity index is 1.75. The molecule has 2 atom stereocenters. The van der Waals surface area contributed by atoms with Gasteiger partial charge >= 0.3 is 5.97 Å². The van der Waals surface area contributed by atoms with E-state index in [0.29, 0.717) is 12.4 Å². The summed E-state index contributed by atoms with van der Waals surface area (Å²) < 4.78 is 4.90. The minimum Gasteiger partial charge on any atom is -0.464 e. The summed E-state index contributed by atoms with van der Waals surface area (Å²) in [6.45, 7) is 2.02. The lowest BCUT2D eigenvalue weighted by molar-refractivity contribution is -0.146. The molecule has 1 heterocycles. The number of esters is 1. The molecule has 0 aromatic heterocycles. The van der Waals surface area contributed by atoms with Gasteiger partial charge in [0.2, 0.25) is 11.8 Å². The molecule has 0 spiro atoms. The highest BCUT2D eigenvalue weighted by Crippen LogP contribution is 2.22. The van der Waals surface area contributed by atoms with Gasteiger partial charge in [-0.05, 0) is 19.8 Å². The van der Waals surface area contributed by atoms with Gasteiger partial charge in [0.25, 0.3) is 0 Å². The van der Waals surface area contributed by atoms with Crippen LogP contribution in [0, 0.1) is 0 Å². The quantitative estimate of drug-likeness (QED) is 0.735. The Morgan fingerprint density at radius 3 is 2.68 bits per heavy atom. The Morgan fingerprint density at radius 2 is 2.05 bits per heavy atom. The summed E-state index contributed by atoms with van der Waals surface area (Å²) in [6, 6.07) is -0.347. The molecule has 0 radical (unpaired) electrons. The number of rotatable bonds is 5. The number of ether oxygens (including phenoxy) is 1. The molecule has 2 amide bonds. The van der Waals surface area contributed by atoms with Crippen LogP contribution in [-0.2, 0) is 19.1 Å². The predicted octanol–water partition coefficient (Wildman–Crippen LogP) is 0.989. The summed E-state index contributed by atoms with van der Waals surface area (Å²) in [7, 11) is 0. The Kier molecular flexibility index (Phi) is 6.54. The molecule has 1 aliphatic carbocycles. The van der Waals surface area contributed by atoms with E-state index in [1.54, 1.807) is 6.92 Å². The maximum Gasteiger partial charge on any atom is 0.329 e. The van der Waals surface area contributed by atoms with E-state index in [-0.39, 0.29) is 24.3 Å².